The second kappa shape index (κ2) is 5.04. The van der Waals surface area contributed by atoms with Crippen molar-refractivity contribution in [3.63, 3.8) is 0 Å². The number of para-hydroxylation sites is 1. The van der Waals surface area contributed by atoms with Gasteiger partial charge in [0.15, 0.2) is 5.82 Å². The van der Waals surface area contributed by atoms with E-state index in [4.69, 9.17) is 4.74 Å². The first-order valence-electron chi connectivity index (χ1n) is 6.61. The minimum absolute atomic E-state index is 0.0720. The van der Waals surface area contributed by atoms with Crippen LogP contribution in [0, 0.1) is 0 Å². The van der Waals surface area contributed by atoms with E-state index in [0.717, 1.165) is 20.9 Å². The average molecular weight is 316 g/mol. The number of ether oxygens (including phenoxy) is 1. The van der Waals surface area contributed by atoms with Crippen LogP contribution >= 0.6 is 11.3 Å². The molecule has 0 fully saturated rings. The third-order valence-electron chi connectivity index (χ3n) is 3.35. The van der Waals surface area contributed by atoms with Gasteiger partial charge in [-0.1, -0.05) is 17.4 Å². The number of urea groups is 1. The van der Waals surface area contributed by atoms with Gasteiger partial charge in [0, 0.05) is 7.11 Å². The van der Waals surface area contributed by atoms with E-state index >= 15 is 0 Å². The fourth-order valence-electron chi connectivity index (χ4n) is 2.34. The van der Waals surface area contributed by atoms with Crippen LogP contribution in [0.3, 0.4) is 0 Å². The van der Waals surface area contributed by atoms with Gasteiger partial charge in [-0.3, -0.25) is 4.90 Å². The summed E-state index contributed by atoms with van der Waals surface area (Å²) in [5.74, 6) is 0.497. The zero-order valence-corrected chi connectivity index (χ0v) is 12.5. The average Bonchev–Trinajstić information content (AvgIpc) is 3.13. The smallest absolute Gasteiger partial charge is 0.351 e. The number of amides is 2. The topological polar surface area (TPSA) is 82.4 Å². The third kappa shape index (κ3) is 1.94. The number of hydrogen-bond acceptors (Lipinski definition) is 7. The summed E-state index contributed by atoms with van der Waals surface area (Å²) in [4.78, 5) is 18.4. The second-order valence-corrected chi connectivity index (χ2v) is 5.77. The molecule has 0 saturated carbocycles. The Morgan fingerprint density at radius 2 is 2.27 bits per heavy atom. The highest BCUT2D eigenvalue weighted by Gasteiger charge is 2.36. The summed E-state index contributed by atoms with van der Waals surface area (Å²) in [5, 5.41) is 13.2. The predicted octanol–water partition coefficient (Wildman–Crippen LogP) is 2.19. The van der Waals surface area contributed by atoms with Gasteiger partial charge in [-0.15, -0.1) is 16.5 Å². The number of aromatic nitrogens is 1. The lowest BCUT2D eigenvalue weighted by atomic mass is 10.3. The van der Waals surface area contributed by atoms with Gasteiger partial charge in [0.1, 0.15) is 17.4 Å². The van der Waals surface area contributed by atoms with Crippen molar-refractivity contribution in [3.05, 3.63) is 35.1 Å². The summed E-state index contributed by atoms with van der Waals surface area (Å²) in [6, 6.07) is 7.63. The summed E-state index contributed by atoms with van der Waals surface area (Å²) < 4.78 is 6.02. The van der Waals surface area contributed by atoms with Crippen LogP contribution in [-0.2, 0) is 4.74 Å². The van der Waals surface area contributed by atoms with Gasteiger partial charge in [0.2, 0.25) is 0 Å². The number of fused-ring (bicyclic) bond motifs is 2. The van der Waals surface area contributed by atoms with E-state index < -0.39 is 0 Å². The number of benzene rings is 1. The van der Waals surface area contributed by atoms with E-state index in [-0.39, 0.29) is 12.8 Å². The Hall–Kier alpha value is -2.52. The fraction of sp³-hybridized carbons (Fsp3) is 0.231. The van der Waals surface area contributed by atoms with Gasteiger partial charge in [0.05, 0.1) is 16.9 Å². The number of carbonyl (C=O) groups excluding carboxylic acids is 1. The van der Waals surface area contributed by atoms with Crippen molar-refractivity contribution in [1.29, 1.82) is 0 Å². The number of nitrogens with zero attached hydrogens (tertiary/aromatic N) is 5. The number of carbonyl (C=O) groups is 1. The van der Waals surface area contributed by atoms with Gasteiger partial charge in [-0.2, -0.15) is 5.01 Å². The van der Waals surface area contributed by atoms with Crippen LogP contribution in [0.2, 0.25) is 0 Å². The van der Waals surface area contributed by atoms with Gasteiger partial charge >= 0.3 is 6.03 Å². The summed E-state index contributed by atoms with van der Waals surface area (Å²) >= 11 is 1.55. The molecule has 0 spiro atoms. The molecule has 2 aliphatic heterocycles. The van der Waals surface area contributed by atoms with Crippen LogP contribution in [0.15, 0.2) is 40.4 Å². The van der Waals surface area contributed by atoms with Crippen molar-refractivity contribution >= 4 is 33.3 Å². The van der Waals surface area contributed by atoms with E-state index in [1.807, 2.05) is 24.3 Å². The standard InChI is InChI=1S/C13H12N6O2S/c1-21-7-19-13(20)18-6-14-10(11(18)16-17-19)12-15-8-4-2-3-5-9(8)22-12/h2-5,14H,6-7H2,1H3. The predicted molar refractivity (Wildman–Crippen MR) is 80.3 cm³/mol. The number of thiazole rings is 1. The number of hydrogen-bond donors (Lipinski definition) is 1. The summed E-state index contributed by atoms with van der Waals surface area (Å²) in [7, 11) is 1.50. The Labute approximate surface area is 129 Å². The molecule has 0 radical (unpaired) electrons. The maximum atomic E-state index is 12.3. The quantitative estimate of drug-likeness (QED) is 0.941. The summed E-state index contributed by atoms with van der Waals surface area (Å²) in [5.41, 5.74) is 1.66. The Morgan fingerprint density at radius 3 is 3.09 bits per heavy atom. The first-order chi connectivity index (χ1) is 10.8. The molecule has 0 atom stereocenters. The van der Waals surface area contributed by atoms with E-state index in [9.17, 15) is 4.79 Å². The van der Waals surface area contributed by atoms with Gasteiger partial charge in [-0.25, -0.2) is 9.78 Å². The first-order valence-corrected chi connectivity index (χ1v) is 7.43. The van der Waals surface area contributed by atoms with Gasteiger partial charge < -0.3 is 10.1 Å². The molecular weight excluding hydrogens is 304 g/mol. The maximum Gasteiger partial charge on any atom is 0.351 e. The molecule has 22 heavy (non-hydrogen) atoms. The minimum Gasteiger partial charge on any atom is -0.362 e. The molecule has 0 bridgehead atoms. The molecule has 8 nitrogen and oxygen atoms in total. The van der Waals surface area contributed by atoms with Crippen LogP contribution in [0.5, 0.6) is 0 Å². The van der Waals surface area contributed by atoms with Crippen molar-refractivity contribution in [2.75, 3.05) is 20.5 Å². The molecule has 1 aromatic heterocycles. The molecule has 0 saturated heterocycles. The van der Waals surface area contributed by atoms with Crippen LogP contribution in [-0.4, -0.2) is 41.4 Å². The first kappa shape index (κ1) is 13.2. The maximum absolute atomic E-state index is 12.3. The van der Waals surface area contributed by atoms with Crippen LogP contribution in [0.4, 0.5) is 4.79 Å². The molecule has 2 aliphatic rings. The molecule has 2 aromatic rings. The van der Waals surface area contributed by atoms with Crippen LogP contribution in [0.1, 0.15) is 5.01 Å². The highest BCUT2D eigenvalue weighted by Crippen LogP contribution is 2.33. The van der Waals surface area contributed by atoms with Crippen molar-refractivity contribution in [2.45, 2.75) is 0 Å². The minimum atomic E-state index is -0.268. The largest absolute Gasteiger partial charge is 0.362 e. The zero-order valence-electron chi connectivity index (χ0n) is 11.7. The molecule has 2 amide bonds. The molecule has 4 rings (SSSR count). The van der Waals surface area contributed by atoms with Crippen molar-refractivity contribution in [1.82, 2.24) is 20.2 Å². The fourth-order valence-corrected chi connectivity index (χ4v) is 3.32. The van der Waals surface area contributed by atoms with Gasteiger partial charge in [0.25, 0.3) is 0 Å². The lowest BCUT2D eigenvalue weighted by Gasteiger charge is -2.25. The molecule has 0 unspecified atom stereocenters. The van der Waals surface area contributed by atoms with E-state index in [0.29, 0.717) is 12.5 Å². The van der Waals surface area contributed by atoms with Crippen molar-refractivity contribution in [2.24, 2.45) is 10.3 Å². The summed E-state index contributed by atoms with van der Waals surface area (Å²) in [6.07, 6.45) is 0. The molecule has 3 heterocycles. The van der Waals surface area contributed by atoms with Crippen LogP contribution in [0.25, 0.3) is 15.9 Å². The van der Waals surface area contributed by atoms with Gasteiger partial charge in [-0.05, 0) is 12.1 Å². The molecule has 1 aromatic carbocycles. The van der Waals surface area contributed by atoms with E-state index in [1.165, 1.54) is 17.0 Å². The Kier molecular flexibility index (Phi) is 3.01. The van der Waals surface area contributed by atoms with E-state index in [2.05, 4.69) is 20.6 Å². The highest BCUT2D eigenvalue weighted by atomic mass is 32.1. The van der Waals surface area contributed by atoms with Crippen molar-refractivity contribution < 1.29 is 9.53 Å². The SMILES string of the molecule is COCN1N=NC2=C(c3nc4ccccc4s3)NCN2C1=O. The molecule has 0 aliphatic carbocycles. The molecule has 112 valence electrons. The second-order valence-electron chi connectivity index (χ2n) is 4.74. The molecule has 9 heteroatoms. The van der Waals surface area contributed by atoms with Crippen LogP contribution < -0.4 is 5.32 Å². The molecular formula is C13H12N6O2S. The number of methoxy groups -OCH3 is 1. The Balaban J connectivity index is 1.76. The Bertz CT molecular complexity index is 781. The van der Waals surface area contributed by atoms with E-state index in [1.54, 1.807) is 11.3 Å². The number of rotatable bonds is 3. The monoisotopic (exact) mass is 316 g/mol. The normalized spacial score (nSPS) is 17.4. The highest BCUT2D eigenvalue weighted by molar-refractivity contribution is 7.19. The summed E-state index contributed by atoms with van der Waals surface area (Å²) in [6.45, 7) is 0.418. The zero-order chi connectivity index (χ0) is 15.1. The lowest BCUT2D eigenvalue weighted by molar-refractivity contribution is 0.0599. The number of nitrogens with one attached hydrogen (secondary N) is 1. The van der Waals surface area contributed by atoms with Crippen molar-refractivity contribution in [3.8, 4) is 0 Å². The lowest BCUT2D eigenvalue weighted by Crippen LogP contribution is -2.42. The Morgan fingerprint density at radius 1 is 1.41 bits per heavy atom. The molecule has 1 N–H and O–H groups in total. The third-order valence-corrected chi connectivity index (χ3v) is 4.41.